The molecule has 1 heterocycles. The molecule has 0 radical (unpaired) electrons. The first kappa shape index (κ1) is 8.97. The van der Waals surface area contributed by atoms with E-state index < -0.39 is 0 Å². The van der Waals surface area contributed by atoms with Crippen LogP contribution in [0.4, 0.5) is 0 Å². The molecule has 11 heavy (non-hydrogen) atoms. The van der Waals surface area contributed by atoms with Gasteiger partial charge in [0.05, 0.1) is 0 Å². The van der Waals surface area contributed by atoms with E-state index in [-0.39, 0.29) is 0 Å². The Labute approximate surface area is 68.7 Å². The first-order valence-electron chi connectivity index (χ1n) is 4.30. The predicted octanol–water partition coefficient (Wildman–Crippen LogP) is 0.274. The van der Waals surface area contributed by atoms with E-state index in [9.17, 15) is 0 Å². The van der Waals surface area contributed by atoms with Gasteiger partial charge in [-0.3, -0.25) is 4.90 Å². The summed E-state index contributed by atoms with van der Waals surface area (Å²) in [5, 5.41) is 3.14. The van der Waals surface area contributed by atoms with Crippen LogP contribution in [-0.2, 0) is 4.74 Å². The molecule has 0 aromatic carbocycles. The van der Waals surface area contributed by atoms with Gasteiger partial charge in [-0.15, -0.1) is 0 Å². The molecule has 0 aliphatic carbocycles. The summed E-state index contributed by atoms with van der Waals surface area (Å²) >= 11 is 0. The fraction of sp³-hybridized carbons (Fsp3) is 1.00. The van der Waals surface area contributed by atoms with Crippen molar-refractivity contribution in [3.63, 3.8) is 0 Å². The number of hydrogen-bond donors (Lipinski definition) is 1. The number of likely N-dealkylation sites (tertiary alicyclic amines) is 1. The Hall–Kier alpha value is -0.120. The number of hydrogen-bond acceptors (Lipinski definition) is 3. The number of nitrogens with zero attached hydrogens (tertiary/aromatic N) is 1. The molecule has 1 atom stereocenters. The second kappa shape index (κ2) is 4.70. The lowest BCUT2D eigenvalue weighted by Gasteiger charge is -2.22. The highest BCUT2D eigenvalue weighted by Gasteiger charge is 2.22. The summed E-state index contributed by atoms with van der Waals surface area (Å²) in [4.78, 5) is 2.39. The summed E-state index contributed by atoms with van der Waals surface area (Å²) in [6, 6.07) is 0. The Bertz CT molecular complexity index is 108. The van der Waals surface area contributed by atoms with Gasteiger partial charge in [-0.05, 0) is 19.9 Å². The van der Waals surface area contributed by atoms with Gasteiger partial charge in [-0.2, -0.15) is 0 Å². The number of likely N-dealkylation sites (N-methyl/N-ethyl adjacent to an activating group) is 1. The molecule has 1 N–H and O–H groups in total. The number of rotatable bonds is 4. The predicted molar refractivity (Wildman–Crippen MR) is 45.5 cm³/mol. The zero-order chi connectivity index (χ0) is 8.10. The maximum atomic E-state index is 5.32. The third-order valence-electron chi connectivity index (χ3n) is 2.22. The van der Waals surface area contributed by atoms with Crippen molar-refractivity contribution in [2.75, 3.05) is 33.8 Å². The summed E-state index contributed by atoms with van der Waals surface area (Å²) < 4.78 is 5.32. The maximum Gasteiger partial charge on any atom is 0.110 e. The quantitative estimate of drug-likeness (QED) is 0.636. The van der Waals surface area contributed by atoms with Crippen molar-refractivity contribution < 1.29 is 4.74 Å². The lowest BCUT2D eigenvalue weighted by atomic mass is 10.4. The number of nitrogens with one attached hydrogen (secondary N) is 1. The van der Waals surface area contributed by atoms with Gasteiger partial charge in [-0.1, -0.05) is 0 Å². The van der Waals surface area contributed by atoms with Crippen LogP contribution in [0.2, 0.25) is 0 Å². The Morgan fingerprint density at radius 3 is 3.09 bits per heavy atom. The minimum Gasteiger partial charge on any atom is -0.366 e. The summed E-state index contributed by atoms with van der Waals surface area (Å²) in [6.45, 7) is 3.36. The Morgan fingerprint density at radius 1 is 1.64 bits per heavy atom. The Balaban J connectivity index is 2.20. The highest BCUT2D eigenvalue weighted by molar-refractivity contribution is 4.71. The fourth-order valence-electron chi connectivity index (χ4n) is 1.57. The van der Waals surface area contributed by atoms with Gasteiger partial charge in [0.1, 0.15) is 6.23 Å². The minimum absolute atomic E-state index is 0.378. The zero-order valence-electron chi connectivity index (χ0n) is 7.47. The third-order valence-corrected chi connectivity index (χ3v) is 2.22. The third kappa shape index (κ3) is 2.43. The van der Waals surface area contributed by atoms with E-state index in [0.717, 1.165) is 13.1 Å². The lowest BCUT2D eigenvalue weighted by molar-refractivity contribution is -0.00268. The minimum atomic E-state index is 0.378. The highest BCUT2D eigenvalue weighted by Crippen LogP contribution is 2.16. The first-order valence-corrected chi connectivity index (χ1v) is 4.30. The van der Waals surface area contributed by atoms with Crippen molar-refractivity contribution in [3.05, 3.63) is 0 Å². The van der Waals surface area contributed by atoms with Crippen LogP contribution >= 0.6 is 0 Å². The van der Waals surface area contributed by atoms with Crippen LogP contribution in [0.25, 0.3) is 0 Å². The van der Waals surface area contributed by atoms with E-state index in [0.29, 0.717) is 6.23 Å². The number of methoxy groups -OCH3 is 1. The Kier molecular flexibility index (Phi) is 3.83. The van der Waals surface area contributed by atoms with Crippen molar-refractivity contribution in [2.24, 2.45) is 0 Å². The number of ether oxygens (including phenoxy) is 1. The molecule has 3 nitrogen and oxygen atoms in total. The molecule has 0 saturated carbocycles. The molecule has 1 fully saturated rings. The molecular formula is C8H18N2O. The Morgan fingerprint density at radius 2 is 2.45 bits per heavy atom. The van der Waals surface area contributed by atoms with Gasteiger partial charge >= 0.3 is 0 Å². The fourth-order valence-corrected chi connectivity index (χ4v) is 1.57. The van der Waals surface area contributed by atoms with Crippen molar-refractivity contribution in [1.82, 2.24) is 10.2 Å². The first-order chi connectivity index (χ1) is 5.38. The second-order valence-electron chi connectivity index (χ2n) is 2.97. The van der Waals surface area contributed by atoms with Crippen molar-refractivity contribution in [2.45, 2.75) is 19.1 Å². The average molecular weight is 158 g/mol. The van der Waals surface area contributed by atoms with E-state index in [1.807, 2.05) is 7.05 Å². The van der Waals surface area contributed by atoms with Crippen molar-refractivity contribution in [3.8, 4) is 0 Å². The summed E-state index contributed by atoms with van der Waals surface area (Å²) in [6.07, 6.45) is 2.85. The van der Waals surface area contributed by atoms with Crippen molar-refractivity contribution in [1.29, 1.82) is 0 Å². The van der Waals surface area contributed by atoms with Gasteiger partial charge in [0.15, 0.2) is 0 Å². The molecule has 0 spiro atoms. The van der Waals surface area contributed by atoms with Crippen LogP contribution < -0.4 is 5.32 Å². The van der Waals surface area contributed by atoms with Crippen LogP contribution in [0, 0.1) is 0 Å². The molecule has 0 aromatic heterocycles. The zero-order valence-corrected chi connectivity index (χ0v) is 7.47. The van der Waals surface area contributed by atoms with Crippen LogP contribution in [0.3, 0.4) is 0 Å². The van der Waals surface area contributed by atoms with Crippen LogP contribution in [0.5, 0.6) is 0 Å². The molecule has 0 unspecified atom stereocenters. The van der Waals surface area contributed by atoms with Gasteiger partial charge in [0.2, 0.25) is 0 Å². The normalized spacial score (nSPS) is 26.2. The van der Waals surface area contributed by atoms with E-state index >= 15 is 0 Å². The SMILES string of the molecule is CNCCN1CCC[C@@H]1OC. The molecule has 1 aliphatic rings. The van der Waals surface area contributed by atoms with E-state index in [1.165, 1.54) is 19.4 Å². The van der Waals surface area contributed by atoms with E-state index in [2.05, 4.69) is 10.2 Å². The molecular weight excluding hydrogens is 140 g/mol. The van der Waals surface area contributed by atoms with Crippen LogP contribution in [-0.4, -0.2) is 44.9 Å². The molecule has 1 aliphatic heterocycles. The standard InChI is InChI=1S/C8H18N2O/c1-9-5-7-10-6-3-4-8(10)11-2/h8-9H,3-7H2,1-2H3/t8-/m0/s1. The summed E-state index contributed by atoms with van der Waals surface area (Å²) in [5.74, 6) is 0. The lowest BCUT2D eigenvalue weighted by Crippen LogP contribution is -2.35. The molecule has 0 amide bonds. The topological polar surface area (TPSA) is 24.5 Å². The highest BCUT2D eigenvalue weighted by atomic mass is 16.5. The molecule has 0 bridgehead atoms. The maximum absolute atomic E-state index is 5.32. The molecule has 1 saturated heterocycles. The largest absolute Gasteiger partial charge is 0.366 e. The van der Waals surface area contributed by atoms with Crippen LogP contribution in [0.15, 0.2) is 0 Å². The molecule has 1 rings (SSSR count). The molecule has 66 valence electrons. The van der Waals surface area contributed by atoms with Gasteiger partial charge in [-0.25, -0.2) is 0 Å². The van der Waals surface area contributed by atoms with E-state index in [4.69, 9.17) is 4.74 Å². The molecule has 0 aromatic rings. The van der Waals surface area contributed by atoms with E-state index in [1.54, 1.807) is 7.11 Å². The van der Waals surface area contributed by atoms with Gasteiger partial charge in [0, 0.05) is 26.7 Å². The van der Waals surface area contributed by atoms with Gasteiger partial charge in [0.25, 0.3) is 0 Å². The monoisotopic (exact) mass is 158 g/mol. The average Bonchev–Trinajstić information content (AvgIpc) is 2.47. The summed E-state index contributed by atoms with van der Waals surface area (Å²) in [7, 11) is 3.78. The summed E-state index contributed by atoms with van der Waals surface area (Å²) in [5.41, 5.74) is 0. The van der Waals surface area contributed by atoms with Crippen molar-refractivity contribution >= 4 is 0 Å². The van der Waals surface area contributed by atoms with Crippen LogP contribution in [0.1, 0.15) is 12.8 Å². The molecule has 3 heteroatoms. The smallest absolute Gasteiger partial charge is 0.110 e. The second-order valence-corrected chi connectivity index (χ2v) is 2.97. The van der Waals surface area contributed by atoms with Gasteiger partial charge < -0.3 is 10.1 Å².